The lowest BCUT2D eigenvalue weighted by Gasteiger charge is -2.26. The summed E-state index contributed by atoms with van der Waals surface area (Å²) in [6.07, 6.45) is 1.56. The SMILES string of the molecule is CCC(N)(CC)COCCS(=O)(=O)c1cccc(C#N)c1. The van der Waals surface area contributed by atoms with E-state index >= 15 is 0 Å². The fourth-order valence-corrected chi connectivity index (χ4v) is 2.94. The van der Waals surface area contributed by atoms with E-state index < -0.39 is 15.4 Å². The number of hydrogen-bond acceptors (Lipinski definition) is 5. The van der Waals surface area contributed by atoms with Gasteiger partial charge in [0.2, 0.25) is 0 Å². The van der Waals surface area contributed by atoms with Gasteiger partial charge in [-0.1, -0.05) is 19.9 Å². The van der Waals surface area contributed by atoms with Crippen LogP contribution in [0.1, 0.15) is 32.3 Å². The summed E-state index contributed by atoms with van der Waals surface area (Å²) in [6, 6.07) is 7.92. The van der Waals surface area contributed by atoms with Crippen molar-refractivity contribution < 1.29 is 13.2 Å². The first-order valence-electron chi connectivity index (χ1n) is 6.96. The van der Waals surface area contributed by atoms with Crippen LogP contribution in [-0.4, -0.2) is 32.9 Å². The Balaban J connectivity index is 2.60. The number of benzene rings is 1. The van der Waals surface area contributed by atoms with Crippen LogP contribution in [0, 0.1) is 11.3 Å². The van der Waals surface area contributed by atoms with E-state index in [1.807, 2.05) is 19.9 Å². The Morgan fingerprint density at radius 1 is 1.33 bits per heavy atom. The van der Waals surface area contributed by atoms with Crippen LogP contribution in [0.15, 0.2) is 29.2 Å². The fraction of sp³-hybridized carbons (Fsp3) is 0.533. The normalized spacial score (nSPS) is 12.1. The number of nitrogens with zero attached hydrogens (tertiary/aromatic N) is 1. The van der Waals surface area contributed by atoms with Gasteiger partial charge < -0.3 is 10.5 Å². The molecule has 116 valence electrons. The average molecular weight is 310 g/mol. The molecule has 0 aromatic heterocycles. The molecule has 0 bridgehead atoms. The zero-order valence-corrected chi connectivity index (χ0v) is 13.3. The summed E-state index contributed by atoms with van der Waals surface area (Å²) in [6.45, 7) is 4.40. The molecule has 1 rings (SSSR count). The van der Waals surface area contributed by atoms with E-state index in [1.54, 1.807) is 12.1 Å². The van der Waals surface area contributed by atoms with Crippen molar-refractivity contribution in [3.05, 3.63) is 29.8 Å². The number of rotatable bonds is 8. The molecule has 0 heterocycles. The quantitative estimate of drug-likeness (QED) is 0.740. The summed E-state index contributed by atoms with van der Waals surface area (Å²) in [7, 11) is -3.44. The van der Waals surface area contributed by atoms with Crippen LogP contribution in [-0.2, 0) is 14.6 Å². The van der Waals surface area contributed by atoms with Gasteiger partial charge in [-0.25, -0.2) is 8.42 Å². The van der Waals surface area contributed by atoms with Gasteiger partial charge in [-0.2, -0.15) is 5.26 Å². The Bertz CT molecular complexity index is 602. The van der Waals surface area contributed by atoms with Gasteiger partial charge >= 0.3 is 0 Å². The van der Waals surface area contributed by atoms with Crippen LogP contribution >= 0.6 is 0 Å². The molecule has 0 aliphatic rings. The highest BCUT2D eigenvalue weighted by Gasteiger charge is 2.21. The molecule has 0 unspecified atom stereocenters. The van der Waals surface area contributed by atoms with E-state index in [2.05, 4.69) is 0 Å². The minimum absolute atomic E-state index is 0.0953. The predicted molar refractivity (Wildman–Crippen MR) is 81.5 cm³/mol. The molecule has 6 heteroatoms. The highest BCUT2D eigenvalue weighted by Crippen LogP contribution is 2.14. The number of nitriles is 1. The molecule has 0 spiro atoms. The van der Waals surface area contributed by atoms with Crippen molar-refractivity contribution in [3.8, 4) is 6.07 Å². The molecule has 0 fully saturated rings. The van der Waals surface area contributed by atoms with Crippen molar-refractivity contribution in [2.45, 2.75) is 37.1 Å². The van der Waals surface area contributed by atoms with Crippen LogP contribution < -0.4 is 5.73 Å². The molecule has 0 aliphatic carbocycles. The fourth-order valence-electron chi connectivity index (χ4n) is 1.78. The standard InChI is InChI=1S/C15H22N2O3S/c1-3-15(17,4-2)12-20-8-9-21(18,19)14-7-5-6-13(10-14)11-16/h5-7,10H,3-4,8-9,12,17H2,1-2H3. The first-order chi connectivity index (χ1) is 9.87. The highest BCUT2D eigenvalue weighted by molar-refractivity contribution is 7.91. The van der Waals surface area contributed by atoms with E-state index in [4.69, 9.17) is 15.7 Å². The number of ether oxygens (including phenoxy) is 1. The molecule has 2 N–H and O–H groups in total. The zero-order valence-electron chi connectivity index (χ0n) is 12.5. The largest absolute Gasteiger partial charge is 0.378 e. The van der Waals surface area contributed by atoms with E-state index in [1.165, 1.54) is 12.1 Å². The third-order valence-corrected chi connectivity index (χ3v) is 5.29. The van der Waals surface area contributed by atoms with Gasteiger partial charge in [-0.05, 0) is 31.0 Å². The molecule has 5 nitrogen and oxygen atoms in total. The third kappa shape index (κ3) is 5.12. The topological polar surface area (TPSA) is 93.2 Å². The lowest BCUT2D eigenvalue weighted by molar-refractivity contribution is 0.0916. The first kappa shape index (κ1) is 17.6. The smallest absolute Gasteiger partial charge is 0.180 e. The van der Waals surface area contributed by atoms with Crippen LogP contribution in [0.25, 0.3) is 0 Å². The second-order valence-corrected chi connectivity index (χ2v) is 7.19. The van der Waals surface area contributed by atoms with Crippen LogP contribution in [0.4, 0.5) is 0 Å². The molecule has 0 saturated heterocycles. The molecule has 0 aliphatic heterocycles. The van der Waals surface area contributed by atoms with Gasteiger partial charge in [0.25, 0.3) is 0 Å². The molecule has 0 atom stereocenters. The van der Waals surface area contributed by atoms with E-state index in [0.717, 1.165) is 12.8 Å². The van der Waals surface area contributed by atoms with E-state index in [-0.39, 0.29) is 17.3 Å². The number of sulfone groups is 1. The average Bonchev–Trinajstić information content (AvgIpc) is 2.51. The van der Waals surface area contributed by atoms with Crippen LogP contribution in [0.2, 0.25) is 0 Å². The molecule has 0 radical (unpaired) electrons. The molecule has 1 aromatic carbocycles. The van der Waals surface area contributed by atoms with Crippen molar-refractivity contribution in [3.63, 3.8) is 0 Å². The van der Waals surface area contributed by atoms with Crippen LogP contribution in [0.3, 0.4) is 0 Å². The Morgan fingerprint density at radius 2 is 2.00 bits per heavy atom. The Labute approximate surface area is 126 Å². The maximum Gasteiger partial charge on any atom is 0.180 e. The number of nitrogens with two attached hydrogens (primary N) is 1. The Hall–Kier alpha value is -1.42. The van der Waals surface area contributed by atoms with Gasteiger partial charge in [0, 0.05) is 5.54 Å². The monoisotopic (exact) mass is 310 g/mol. The molecule has 0 saturated carbocycles. The predicted octanol–water partition coefficient (Wildman–Crippen LogP) is 1.87. The van der Waals surface area contributed by atoms with Gasteiger partial charge in [0.1, 0.15) is 0 Å². The lowest BCUT2D eigenvalue weighted by Crippen LogP contribution is -2.43. The highest BCUT2D eigenvalue weighted by atomic mass is 32.2. The second-order valence-electron chi connectivity index (χ2n) is 5.08. The van der Waals surface area contributed by atoms with E-state index in [0.29, 0.717) is 12.2 Å². The minimum atomic E-state index is -3.44. The first-order valence-corrected chi connectivity index (χ1v) is 8.61. The maximum absolute atomic E-state index is 12.1. The summed E-state index contributed by atoms with van der Waals surface area (Å²) in [4.78, 5) is 0.148. The van der Waals surface area contributed by atoms with Gasteiger partial charge in [0.05, 0.1) is 35.5 Å². The number of hydrogen-bond donors (Lipinski definition) is 1. The Morgan fingerprint density at radius 3 is 2.57 bits per heavy atom. The maximum atomic E-state index is 12.1. The van der Waals surface area contributed by atoms with E-state index in [9.17, 15) is 8.42 Å². The summed E-state index contributed by atoms with van der Waals surface area (Å²) < 4.78 is 29.7. The molecular weight excluding hydrogens is 288 g/mol. The molecule has 0 amide bonds. The lowest BCUT2D eigenvalue weighted by atomic mass is 9.96. The minimum Gasteiger partial charge on any atom is -0.378 e. The molecular formula is C15H22N2O3S. The van der Waals surface area contributed by atoms with Gasteiger partial charge in [-0.15, -0.1) is 0 Å². The van der Waals surface area contributed by atoms with Gasteiger partial charge in [0.15, 0.2) is 9.84 Å². The second kappa shape index (κ2) is 7.55. The summed E-state index contributed by atoms with van der Waals surface area (Å²) >= 11 is 0. The summed E-state index contributed by atoms with van der Waals surface area (Å²) in [5.74, 6) is -0.120. The van der Waals surface area contributed by atoms with Crippen molar-refractivity contribution in [2.75, 3.05) is 19.0 Å². The van der Waals surface area contributed by atoms with Crippen LogP contribution in [0.5, 0.6) is 0 Å². The molecule has 1 aromatic rings. The zero-order chi connectivity index (χ0) is 15.9. The Kier molecular flexibility index (Phi) is 6.34. The van der Waals surface area contributed by atoms with Crippen molar-refractivity contribution in [1.82, 2.24) is 0 Å². The van der Waals surface area contributed by atoms with Gasteiger partial charge in [-0.3, -0.25) is 0 Å². The van der Waals surface area contributed by atoms with Crippen molar-refractivity contribution in [2.24, 2.45) is 5.73 Å². The molecule has 21 heavy (non-hydrogen) atoms. The van der Waals surface area contributed by atoms with Crippen molar-refractivity contribution in [1.29, 1.82) is 5.26 Å². The summed E-state index contributed by atoms with van der Waals surface area (Å²) in [5, 5.41) is 8.80. The summed E-state index contributed by atoms with van der Waals surface area (Å²) in [5.41, 5.74) is 6.02. The van der Waals surface area contributed by atoms with Crippen molar-refractivity contribution >= 4 is 9.84 Å². The third-order valence-electron chi connectivity index (χ3n) is 3.62.